The van der Waals surface area contributed by atoms with E-state index in [2.05, 4.69) is 10.3 Å². The number of thiazole rings is 1. The van der Waals surface area contributed by atoms with Gasteiger partial charge in [0, 0.05) is 12.7 Å². The highest BCUT2D eigenvalue weighted by atomic mass is 32.1. The number of carbonyl (C=O) groups excluding carboxylic acids is 1. The minimum atomic E-state index is -0.422. The summed E-state index contributed by atoms with van der Waals surface area (Å²) in [5.41, 5.74) is 0.959. The molecule has 0 unspecified atom stereocenters. The van der Waals surface area contributed by atoms with Gasteiger partial charge in [0.25, 0.3) is 0 Å². The zero-order valence-electron chi connectivity index (χ0n) is 12.1. The first-order valence-electron chi connectivity index (χ1n) is 6.94. The van der Waals surface area contributed by atoms with E-state index in [0.717, 1.165) is 15.4 Å². The summed E-state index contributed by atoms with van der Waals surface area (Å²) in [6.45, 7) is 0.786. The molecule has 0 bridgehead atoms. The summed E-state index contributed by atoms with van der Waals surface area (Å²) in [5.74, 6) is 0. The predicted molar refractivity (Wildman–Crippen MR) is 86.3 cm³/mol. The molecule has 22 heavy (non-hydrogen) atoms. The molecule has 1 aromatic heterocycles. The Bertz CT molecular complexity index is 611. The molecule has 1 amide bonds. The van der Waals surface area contributed by atoms with Crippen LogP contribution < -0.4 is 5.32 Å². The molecule has 0 spiro atoms. The fourth-order valence-electron chi connectivity index (χ4n) is 1.69. The third-order valence-electron chi connectivity index (χ3n) is 2.78. The largest absolute Gasteiger partial charge is 0.445 e. The Kier molecular flexibility index (Phi) is 6.60. The molecule has 0 saturated heterocycles. The van der Waals surface area contributed by atoms with Crippen LogP contribution in [0.4, 0.5) is 4.79 Å². The molecule has 2 rings (SSSR count). The third-order valence-corrected chi connectivity index (χ3v) is 3.73. The number of aliphatic hydroxyl groups is 1. The second-order valence-electron chi connectivity index (χ2n) is 4.50. The van der Waals surface area contributed by atoms with Gasteiger partial charge in [-0.1, -0.05) is 36.4 Å². The zero-order valence-corrected chi connectivity index (χ0v) is 12.9. The average molecular weight is 318 g/mol. The van der Waals surface area contributed by atoms with Crippen LogP contribution in [0, 0.1) is 0 Å². The number of nitrogens with zero attached hydrogens (tertiary/aromatic N) is 1. The smallest absolute Gasteiger partial charge is 0.407 e. The monoisotopic (exact) mass is 318 g/mol. The first kappa shape index (κ1) is 16.2. The molecule has 116 valence electrons. The fraction of sp³-hybridized carbons (Fsp3) is 0.250. The highest BCUT2D eigenvalue weighted by Crippen LogP contribution is 2.14. The number of carbonyl (C=O) groups is 1. The van der Waals surface area contributed by atoms with Crippen molar-refractivity contribution in [1.29, 1.82) is 0 Å². The average Bonchev–Trinajstić information content (AvgIpc) is 3.01. The van der Waals surface area contributed by atoms with E-state index in [4.69, 9.17) is 9.84 Å². The Morgan fingerprint density at radius 3 is 2.91 bits per heavy atom. The summed E-state index contributed by atoms with van der Waals surface area (Å²) in [6.07, 6.45) is 5.73. The predicted octanol–water partition coefficient (Wildman–Crippen LogP) is 2.97. The molecular formula is C16H18N2O3S. The minimum absolute atomic E-state index is 0.0142. The van der Waals surface area contributed by atoms with Crippen molar-refractivity contribution in [1.82, 2.24) is 10.3 Å². The quantitative estimate of drug-likeness (QED) is 0.770. The van der Waals surface area contributed by atoms with Crippen LogP contribution >= 0.6 is 11.3 Å². The van der Waals surface area contributed by atoms with Gasteiger partial charge >= 0.3 is 6.09 Å². The second-order valence-corrected chi connectivity index (χ2v) is 5.65. The molecular weight excluding hydrogens is 300 g/mol. The van der Waals surface area contributed by atoms with Gasteiger partial charge in [0.1, 0.15) is 11.6 Å². The van der Waals surface area contributed by atoms with Crippen molar-refractivity contribution < 1.29 is 14.6 Å². The third kappa shape index (κ3) is 5.67. The molecule has 0 fully saturated rings. The molecule has 1 aromatic carbocycles. The van der Waals surface area contributed by atoms with Gasteiger partial charge in [-0.15, -0.1) is 11.3 Å². The van der Waals surface area contributed by atoms with Crippen LogP contribution in [0.2, 0.25) is 0 Å². The van der Waals surface area contributed by atoms with Gasteiger partial charge in [0.15, 0.2) is 0 Å². The number of hydrogen-bond donors (Lipinski definition) is 2. The Hall–Kier alpha value is -2.18. The number of rotatable bonds is 7. The number of aromatic nitrogens is 1. The maximum Gasteiger partial charge on any atom is 0.407 e. The molecule has 0 aliphatic rings. The van der Waals surface area contributed by atoms with Crippen molar-refractivity contribution in [2.24, 2.45) is 0 Å². The van der Waals surface area contributed by atoms with Gasteiger partial charge in [-0.25, -0.2) is 9.78 Å². The van der Waals surface area contributed by atoms with E-state index in [1.165, 1.54) is 11.3 Å². The van der Waals surface area contributed by atoms with Crippen LogP contribution in [0.15, 0.2) is 42.6 Å². The molecule has 2 aromatic rings. The van der Waals surface area contributed by atoms with E-state index in [0.29, 0.717) is 13.0 Å². The Morgan fingerprint density at radius 1 is 1.36 bits per heavy atom. The number of aliphatic hydroxyl groups excluding tert-OH is 1. The summed E-state index contributed by atoms with van der Waals surface area (Å²) in [7, 11) is 0. The minimum Gasteiger partial charge on any atom is -0.445 e. The van der Waals surface area contributed by atoms with Crippen LogP contribution in [0.1, 0.15) is 21.9 Å². The Labute approximate surface area is 133 Å². The van der Waals surface area contributed by atoms with Crippen LogP contribution in [-0.2, 0) is 18.0 Å². The number of hydrogen-bond acceptors (Lipinski definition) is 5. The summed E-state index contributed by atoms with van der Waals surface area (Å²) in [5, 5.41) is 12.5. The van der Waals surface area contributed by atoms with Crippen molar-refractivity contribution in [3.8, 4) is 0 Å². The lowest BCUT2D eigenvalue weighted by atomic mass is 10.2. The summed E-state index contributed by atoms with van der Waals surface area (Å²) in [4.78, 5) is 16.5. The Balaban J connectivity index is 1.60. The molecule has 0 radical (unpaired) electrons. The zero-order chi connectivity index (χ0) is 15.6. The van der Waals surface area contributed by atoms with E-state index in [1.807, 2.05) is 42.5 Å². The van der Waals surface area contributed by atoms with E-state index in [-0.39, 0.29) is 13.2 Å². The highest BCUT2D eigenvalue weighted by Gasteiger charge is 2.01. The number of nitrogens with one attached hydrogen (secondary N) is 1. The second kappa shape index (κ2) is 8.96. The molecule has 2 N–H and O–H groups in total. The van der Waals surface area contributed by atoms with Crippen molar-refractivity contribution in [3.63, 3.8) is 0 Å². The maximum absolute atomic E-state index is 11.5. The molecule has 0 aliphatic carbocycles. The van der Waals surface area contributed by atoms with Crippen molar-refractivity contribution in [2.45, 2.75) is 19.6 Å². The van der Waals surface area contributed by atoms with Crippen molar-refractivity contribution in [3.05, 3.63) is 58.1 Å². The molecule has 5 nitrogen and oxygen atoms in total. The van der Waals surface area contributed by atoms with E-state index >= 15 is 0 Å². The highest BCUT2D eigenvalue weighted by molar-refractivity contribution is 7.12. The van der Waals surface area contributed by atoms with Gasteiger partial charge in [-0.3, -0.25) is 0 Å². The van der Waals surface area contributed by atoms with Crippen molar-refractivity contribution in [2.75, 3.05) is 6.54 Å². The van der Waals surface area contributed by atoms with Gasteiger partial charge in [-0.05, 0) is 18.1 Å². The molecule has 0 saturated carbocycles. The molecule has 6 heteroatoms. The first-order chi connectivity index (χ1) is 10.8. The summed E-state index contributed by atoms with van der Waals surface area (Å²) < 4.78 is 5.10. The van der Waals surface area contributed by atoms with Crippen LogP contribution in [0.3, 0.4) is 0 Å². The van der Waals surface area contributed by atoms with Crippen LogP contribution in [-0.4, -0.2) is 22.7 Å². The number of ether oxygens (including phenoxy) is 1. The molecule has 0 atom stereocenters. The molecule has 0 aliphatic heterocycles. The topological polar surface area (TPSA) is 71.5 Å². The standard InChI is InChI=1S/C16H18N2O3S/c19-11-14-10-18-15(22-14)8-4-5-9-17-16(20)21-12-13-6-2-1-3-7-13/h1-4,6-8,10,19H,5,9,11-12H2,(H,17,20). The molecule has 1 heterocycles. The summed E-state index contributed by atoms with van der Waals surface area (Å²) >= 11 is 1.44. The maximum atomic E-state index is 11.5. The lowest BCUT2D eigenvalue weighted by Gasteiger charge is -2.05. The van der Waals surface area contributed by atoms with E-state index in [9.17, 15) is 4.79 Å². The lowest BCUT2D eigenvalue weighted by molar-refractivity contribution is 0.140. The normalized spacial score (nSPS) is 10.8. The van der Waals surface area contributed by atoms with Crippen LogP contribution in [0.25, 0.3) is 6.08 Å². The SMILES string of the molecule is O=C(NCCC=Cc1ncc(CO)s1)OCc1ccccc1. The van der Waals surface area contributed by atoms with E-state index < -0.39 is 6.09 Å². The van der Waals surface area contributed by atoms with Gasteiger partial charge in [0.05, 0.1) is 11.5 Å². The summed E-state index contributed by atoms with van der Waals surface area (Å²) in [6, 6.07) is 9.54. The first-order valence-corrected chi connectivity index (χ1v) is 7.76. The van der Waals surface area contributed by atoms with Gasteiger partial charge in [-0.2, -0.15) is 0 Å². The van der Waals surface area contributed by atoms with Crippen LogP contribution in [0.5, 0.6) is 0 Å². The van der Waals surface area contributed by atoms with Gasteiger partial charge in [0.2, 0.25) is 0 Å². The lowest BCUT2D eigenvalue weighted by Crippen LogP contribution is -2.24. The number of alkyl carbamates (subject to hydrolysis) is 1. The number of amides is 1. The van der Waals surface area contributed by atoms with Crippen molar-refractivity contribution >= 4 is 23.5 Å². The Morgan fingerprint density at radius 2 is 2.18 bits per heavy atom. The fourth-order valence-corrected chi connectivity index (χ4v) is 2.40. The number of benzene rings is 1. The van der Waals surface area contributed by atoms with Gasteiger partial charge < -0.3 is 15.2 Å². The van der Waals surface area contributed by atoms with E-state index in [1.54, 1.807) is 6.20 Å².